The van der Waals surface area contributed by atoms with E-state index in [1.54, 1.807) is 18.2 Å². The minimum Gasteiger partial charge on any atom is -0.497 e. The molecule has 0 aromatic heterocycles. The van der Waals surface area contributed by atoms with E-state index >= 15 is 0 Å². The summed E-state index contributed by atoms with van der Waals surface area (Å²) in [5.74, 6) is -4.60. The number of benzene rings is 3. The van der Waals surface area contributed by atoms with Crippen LogP contribution in [-0.4, -0.2) is 140 Å². The van der Waals surface area contributed by atoms with Gasteiger partial charge in [-0.1, -0.05) is 5.11 Å². The summed E-state index contributed by atoms with van der Waals surface area (Å²) in [6, 6.07) is 10.0. The third-order valence-corrected chi connectivity index (χ3v) is 11.0. The first-order valence-electron chi connectivity index (χ1n) is 19.9. The average Bonchev–Trinajstić information content (AvgIpc) is 3.57. The van der Waals surface area contributed by atoms with E-state index in [2.05, 4.69) is 10.0 Å². The van der Waals surface area contributed by atoms with Crippen LogP contribution in [0.5, 0.6) is 23.0 Å². The van der Waals surface area contributed by atoms with Crippen molar-refractivity contribution < 1.29 is 78.7 Å². The topological polar surface area (TPSA) is 267 Å². The molecule has 0 bridgehead atoms. The fraction of sp³-hybridized carbons (Fsp3) is 0.488. The molecule has 2 heterocycles. The molecule has 0 aliphatic carbocycles. The molecule has 65 heavy (non-hydrogen) atoms. The van der Waals surface area contributed by atoms with Crippen LogP contribution >= 0.6 is 11.6 Å². The fourth-order valence-corrected chi connectivity index (χ4v) is 8.18. The number of anilines is 1. The van der Waals surface area contributed by atoms with Crippen molar-refractivity contribution in [3.63, 3.8) is 0 Å². The van der Waals surface area contributed by atoms with Gasteiger partial charge in [-0.2, -0.15) is 0 Å². The van der Waals surface area contributed by atoms with E-state index in [4.69, 9.17) is 63.4 Å². The number of esters is 4. The predicted octanol–water partition coefficient (Wildman–Crippen LogP) is 4.18. The molecule has 3 aromatic carbocycles. The second-order valence-electron chi connectivity index (χ2n) is 14.7. The van der Waals surface area contributed by atoms with Gasteiger partial charge in [-0.15, -0.1) is 20.0 Å². The van der Waals surface area contributed by atoms with E-state index < -0.39 is 89.0 Å². The molecule has 22 nitrogen and oxygen atoms in total. The zero-order valence-corrected chi connectivity index (χ0v) is 38.0. The van der Waals surface area contributed by atoms with Gasteiger partial charge in [0.1, 0.15) is 18.5 Å². The Morgan fingerprint density at radius 2 is 1.55 bits per heavy atom. The molecule has 5 rings (SSSR count). The summed E-state index contributed by atoms with van der Waals surface area (Å²) in [5.41, 5.74) is 9.89. The van der Waals surface area contributed by atoms with Crippen LogP contribution in [0.25, 0.3) is 21.2 Å². The Labute approximate surface area is 378 Å². The van der Waals surface area contributed by atoms with Crippen LogP contribution in [-0.2, 0) is 58.0 Å². The number of amides is 1. The lowest BCUT2D eigenvalue weighted by atomic mass is 9.95. The maximum absolute atomic E-state index is 14.1. The number of azide groups is 1. The summed E-state index contributed by atoms with van der Waals surface area (Å²) >= 11 is 6.37. The van der Waals surface area contributed by atoms with E-state index in [1.807, 2.05) is 11.9 Å². The van der Waals surface area contributed by atoms with Crippen molar-refractivity contribution in [2.75, 3.05) is 71.4 Å². The first-order chi connectivity index (χ1) is 30.9. The average molecular weight is 950 g/mol. The van der Waals surface area contributed by atoms with Crippen molar-refractivity contribution in [1.82, 2.24) is 4.90 Å². The van der Waals surface area contributed by atoms with E-state index in [0.29, 0.717) is 28.8 Å². The summed E-state index contributed by atoms with van der Waals surface area (Å²) in [4.78, 5) is 68.6. The number of rotatable bonds is 20. The van der Waals surface area contributed by atoms with E-state index in [-0.39, 0.29) is 49.4 Å². The minimum atomic E-state index is -5.16. The fourth-order valence-electron chi connectivity index (χ4n) is 7.19. The van der Waals surface area contributed by atoms with Gasteiger partial charge in [0, 0.05) is 101 Å². The summed E-state index contributed by atoms with van der Waals surface area (Å²) in [6.07, 6.45) is -8.13. The number of hydrogen-bond donors (Lipinski definition) is 0. The van der Waals surface area contributed by atoms with E-state index in [0.717, 1.165) is 45.4 Å². The van der Waals surface area contributed by atoms with Crippen molar-refractivity contribution in [3.8, 4) is 23.0 Å². The highest BCUT2D eigenvalue weighted by molar-refractivity contribution is 7.82. The number of hydrogen-bond acceptors (Lipinski definition) is 19. The van der Waals surface area contributed by atoms with Crippen LogP contribution in [0.2, 0.25) is 0 Å². The molecular weight excluding hydrogens is 902 g/mol. The lowest BCUT2D eigenvalue weighted by Crippen LogP contribution is -2.63. The molecule has 1 unspecified atom stereocenters. The first kappa shape index (κ1) is 49.8. The normalized spacial score (nSPS) is 20.1. The van der Waals surface area contributed by atoms with Crippen molar-refractivity contribution in [2.45, 2.75) is 64.3 Å². The molecule has 6 atom stereocenters. The Kier molecular flexibility index (Phi) is 16.9. The number of ether oxygens (including phenoxy) is 8. The Hall–Kier alpha value is -6.26. The Bertz CT molecular complexity index is 2430. The summed E-state index contributed by atoms with van der Waals surface area (Å²) in [6.45, 7) is 4.47. The highest BCUT2D eigenvalue weighted by Crippen LogP contribution is 2.46. The maximum Gasteiger partial charge on any atom is 0.501 e. The quantitative estimate of drug-likeness (QED) is 0.0292. The van der Waals surface area contributed by atoms with E-state index in [9.17, 15) is 32.4 Å². The molecule has 24 heteroatoms. The van der Waals surface area contributed by atoms with Gasteiger partial charge in [-0.05, 0) is 52.9 Å². The molecule has 1 amide bonds. The van der Waals surface area contributed by atoms with Crippen LogP contribution in [0, 0.1) is 0 Å². The Morgan fingerprint density at radius 1 is 0.877 bits per heavy atom. The summed E-state index contributed by atoms with van der Waals surface area (Å²) in [5, 5.41) is 4.38. The number of carbonyl (C=O) groups is 5. The number of halogens is 1. The predicted molar refractivity (Wildman–Crippen MR) is 228 cm³/mol. The van der Waals surface area contributed by atoms with Crippen molar-refractivity contribution in [1.29, 1.82) is 0 Å². The molecule has 2 aliphatic rings. The molecular formula is C41H48ClN5O17S. The Morgan fingerprint density at radius 3 is 2.20 bits per heavy atom. The monoisotopic (exact) mass is 949 g/mol. The molecule has 1 saturated heterocycles. The van der Waals surface area contributed by atoms with Crippen LogP contribution in [0.15, 0.2) is 47.6 Å². The molecule has 0 N–H and O–H groups in total. The molecule has 2 aliphatic heterocycles. The van der Waals surface area contributed by atoms with Gasteiger partial charge in [-0.25, -0.2) is 0 Å². The van der Waals surface area contributed by atoms with Crippen molar-refractivity contribution in [3.05, 3.63) is 64.0 Å². The summed E-state index contributed by atoms with van der Waals surface area (Å²) in [7, 11) is -0.387. The second-order valence-corrected chi connectivity index (χ2v) is 16.1. The number of methoxy groups -OCH3 is 1. The number of nitrogens with zero attached hydrogens (tertiary/aromatic N) is 5. The number of likely N-dealkylation sites (N-methyl/N-ethyl adjacent to an activating group) is 2. The zero-order chi connectivity index (χ0) is 47.6. The number of alkyl halides is 1. The van der Waals surface area contributed by atoms with Crippen LogP contribution in [0.3, 0.4) is 0 Å². The van der Waals surface area contributed by atoms with Gasteiger partial charge in [0.15, 0.2) is 29.5 Å². The standard InChI is InChI=1S/C41H48ClN5O17S/c1-22(48)57-21-35-37(58-23(2)49)38(59-24(3)50)39(60-25(4)51)41(62-35)61-32-11-8-26(40(52)46(5)13-15-56-14-12-44-45-43)16-34(32)64-65(53,54)63-33-18-31-36(27(19-42)20-47(31)6)30-17-28(55-7)9-10-29(30)33/h8-11,16-18,27,35,37-39,41H,12-15,19-21H2,1-7H3/t27-,35-,37+,38+,39?,41-/m1/s1. The van der Waals surface area contributed by atoms with Crippen LogP contribution in [0.1, 0.15) is 49.5 Å². The number of fused-ring (bicyclic) bond motifs is 3. The van der Waals surface area contributed by atoms with Gasteiger partial charge in [-0.3, -0.25) is 24.0 Å². The molecule has 0 saturated carbocycles. The van der Waals surface area contributed by atoms with Gasteiger partial charge in [0.25, 0.3) is 5.91 Å². The van der Waals surface area contributed by atoms with Crippen LogP contribution in [0.4, 0.5) is 5.69 Å². The molecule has 0 radical (unpaired) electrons. The molecule has 352 valence electrons. The van der Waals surface area contributed by atoms with E-state index in [1.165, 1.54) is 31.2 Å². The summed E-state index contributed by atoms with van der Waals surface area (Å²) < 4.78 is 84.2. The first-order valence-corrected chi connectivity index (χ1v) is 21.7. The Balaban J connectivity index is 1.58. The lowest BCUT2D eigenvalue weighted by molar-refractivity contribution is -0.288. The van der Waals surface area contributed by atoms with Gasteiger partial charge < -0.3 is 56.1 Å². The van der Waals surface area contributed by atoms with Crippen molar-refractivity contribution in [2.24, 2.45) is 5.11 Å². The zero-order valence-electron chi connectivity index (χ0n) is 36.4. The molecule has 0 spiro atoms. The molecule has 1 fully saturated rings. The molecule has 3 aromatic rings. The minimum absolute atomic E-state index is 0.0559. The highest BCUT2D eigenvalue weighted by Gasteiger charge is 2.53. The van der Waals surface area contributed by atoms with Gasteiger partial charge in [0.2, 0.25) is 12.4 Å². The maximum atomic E-state index is 14.1. The number of carbonyl (C=O) groups excluding carboxylic acids is 5. The second kappa shape index (κ2) is 22.1. The third kappa shape index (κ3) is 12.7. The largest absolute Gasteiger partial charge is 0.501 e. The van der Waals surface area contributed by atoms with Gasteiger partial charge in [0.05, 0.1) is 20.3 Å². The smallest absolute Gasteiger partial charge is 0.497 e. The lowest BCUT2D eigenvalue weighted by Gasteiger charge is -2.43. The van der Waals surface area contributed by atoms with Gasteiger partial charge >= 0.3 is 34.3 Å². The van der Waals surface area contributed by atoms with Crippen LogP contribution < -0.4 is 22.7 Å². The highest BCUT2D eigenvalue weighted by atomic mass is 35.5. The van der Waals surface area contributed by atoms with Crippen molar-refractivity contribution >= 4 is 68.2 Å². The SMILES string of the molecule is COc1ccc2c(OS(=O)(=O)Oc3cc(C(=O)N(C)CCOCCN=[N+]=[N-])ccc3O[C@@H]3O[C@H](COC(C)=O)[C@H](OC(C)=O)[C@H](OC(C)=O)C3OC(C)=O)cc3c(c2c1)[C@H](CCl)CN3C. The third-order valence-electron chi connectivity index (χ3n) is 9.91.